The van der Waals surface area contributed by atoms with Gasteiger partial charge in [0.25, 0.3) is 5.91 Å². The Labute approximate surface area is 304 Å². The van der Waals surface area contributed by atoms with Gasteiger partial charge in [0.05, 0.1) is 5.56 Å². The topological polar surface area (TPSA) is 99.3 Å². The van der Waals surface area contributed by atoms with Crippen molar-refractivity contribution in [2.24, 2.45) is 0 Å². The predicted molar refractivity (Wildman–Crippen MR) is 205 cm³/mol. The maximum Gasteiger partial charge on any atom is 0.255 e. The summed E-state index contributed by atoms with van der Waals surface area (Å²) in [7, 11) is 0.238. The van der Waals surface area contributed by atoms with E-state index in [0.717, 1.165) is 72.7 Å². The number of likely N-dealkylation sites (tertiary alicyclic amines) is 2. The minimum atomic E-state index is -1.57. The highest BCUT2D eigenvalue weighted by Gasteiger charge is 2.62. The third kappa shape index (κ3) is 7.72. The summed E-state index contributed by atoms with van der Waals surface area (Å²) >= 11 is 0. The molecule has 10 heteroatoms. The zero-order valence-electron chi connectivity index (χ0n) is 31.0. The van der Waals surface area contributed by atoms with Crippen LogP contribution in [0.4, 0.5) is 0 Å². The summed E-state index contributed by atoms with van der Waals surface area (Å²) < 4.78 is 6.19. The van der Waals surface area contributed by atoms with E-state index >= 15 is 0 Å². The molecule has 0 bridgehead atoms. The highest BCUT2D eigenvalue weighted by atomic mass is 28.4. The van der Waals surface area contributed by atoms with Crippen LogP contribution in [0.25, 0.3) is 21.5 Å². The second-order valence-electron chi connectivity index (χ2n) is 15.0. The van der Waals surface area contributed by atoms with Crippen molar-refractivity contribution in [3.8, 4) is 0 Å². The van der Waals surface area contributed by atoms with E-state index in [0.29, 0.717) is 62.1 Å². The van der Waals surface area contributed by atoms with Crippen molar-refractivity contribution in [3.05, 3.63) is 60.2 Å². The van der Waals surface area contributed by atoms with E-state index < -0.39 is 20.4 Å². The average molecular weight is 713 g/mol. The lowest BCUT2D eigenvalue weighted by molar-refractivity contribution is -0.145. The first kappa shape index (κ1) is 37.0. The minimum absolute atomic E-state index is 0.0396. The van der Waals surface area contributed by atoms with Gasteiger partial charge in [-0.25, -0.2) is 0 Å². The minimum Gasteiger partial charge on any atom is -0.417 e. The fourth-order valence-electron chi connectivity index (χ4n) is 8.87. The molecule has 4 atom stereocenters. The number of hydrogen-bond acceptors (Lipinski definition) is 5. The van der Waals surface area contributed by atoms with Crippen LogP contribution in [0.5, 0.6) is 0 Å². The van der Waals surface area contributed by atoms with E-state index in [1.165, 1.54) is 0 Å². The molecule has 3 aromatic rings. The van der Waals surface area contributed by atoms with Crippen molar-refractivity contribution >= 4 is 53.5 Å². The van der Waals surface area contributed by atoms with Gasteiger partial charge in [0, 0.05) is 46.3 Å². The summed E-state index contributed by atoms with van der Waals surface area (Å²) in [4.78, 5) is 59.8. The second kappa shape index (κ2) is 16.3. The lowest BCUT2D eigenvalue weighted by atomic mass is 9.95. The molecule has 0 radical (unpaired) electrons. The largest absolute Gasteiger partial charge is 0.417 e. The smallest absolute Gasteiger partial charge is 0.255 e. The molecule has 1 N–H and O–H groups in total. The first-order chi connectivity index (χ1) is 24.7. The Morgan fingerprint density at radius 1 is 0.843 bits per heavy atom. The number of nitrogens with zero attached hydrogens (tertiary/aromatic N) is 3. The second-order valence-corrected chi connectivity index (χ2v) is 19.5. The lowest BCUT2D eigenvalue weighted by Gasteiger charge is -2.33. The number of carbonyl (C=O) groups excluding carboxylic acids is 4. The first-order valence-corrected chi connectivity index (χ1v) is 21.6. The number of benzene rings is 3. The highest BCUT2D eigenvalue weighted by Crippen LogP contribution is 2.61. The van der Waals surface area contributed by atoms with Gasteiger partial charge in [-0.15, -0.1) is 0 Å². The molecular formula is C41H56N4O5Si. The Kier molecular flexibility index (Phi) is 11.8. The molecule has 3 fully saturated rings. The van der Waals surface area contributed by atoms with Crippen LogP contribution in [0.1, 0.15) is 88.9 Å². The van der Waals surface area contributed by atoms with Gasteiger partial charge < -0.3 is 24.4 Å². The van der Waals surface area contributed by atoms with E-state index in [1.807, 2.05) is 55.6 Å². The summed E-state index contributed by atoms with van der Waals surface area (Å²) in [5.41, 5.74) is 2.07. The average Bonchev–Trinajstić information content (AvgIpc) is 3.62. The van der Waals surface area contributed by atoms with Gasteiger partial charge >= 0.3 is 0 Å². The molecule has 0 spiro atoms. The number of amides is 4. The standard InChI is InChI=1S/C41H56N4O5Si/c1-5-50-51(29(2)30(51)3)27-15-23-42-37(46)22-7-6-12-24-43(4)39(47)35-20-13-25-44(35)40(48)36-21-14-26-45(36)41(49)38-33-18-10-8-16-31(33)28-32-17-9-11-19-34(32)38/h8-11,16-19,28-30,35-36H,5-7,12-15,20-27H2,1-4H3,(H,42,46)/t29?,30?,35-,36-,51?/m0/s1. The molecule has 3 aliphatic rings. The summed E-state index contributed by atoms with van der Waals surface area (Å²) in [5.74, 6) is -0.179. The summed E-state index contributed by atoms with van der Waals surface area (Å²) in [6.45, 7) is 9.83. The summed E-state index contributed by atoms with van der Waals surface area (Å²) in [6.07, 6.45) is 6.68. The van der Waals surface area contributed by atoms with Crippen molar-refractivity contribution in [1.82, 2.24) is 20.0 Å². The molecule has 0 saturated carbocycles. The molecule has 6 rings (SSSR count). The molecule has 3 aliphatic heterocycles. The van der Waals surface area contributed by atoms with Crippen LogP contribution in [-0.2, 0) is 18.8 Å². The SMILES string of the molecule is CCO[Si]1(CCCNC(=O)CCCCCN(C)C(=O)[C@@H]2CCCN2C(=O)[C@@H]2CCCN2C(=O)c2c3ccccc3cc3ccccc23)C(C)C1C. The number of unbranched alkanes of at least 4 members (excludes halogenated alkanes) is 2. The zero-order chi connectivity index (χ0) is 36.1. The van der Waals surface area contributed by atoms with Gasteiger partial charge in [-0.1, -0.05) is 68.8 Å². The van der Waals surface area contributed by atoms with Gasteiger partial charge in [-0.3, -0.25) is 19.2 Å². The molecule has 9 nitrogen and oxygen atoms in total. The maximum absolute atomic E-state index is 14.3. The number of fused-ring (bicyclic) bond motifs is 2. The van der Waals surface area contributed by atoms with Crippen LogP contribution in [0, 0.1) is 0 Å². The van der Waals surface area contributed by atoms with Gasteiger partial charge in [0.2, 0.25) is 17.7 Å². The molecule has 3 saturated heterocycles. The molecule has 3 heterocycles. The van der Waals surface area contributed by atoms with Crippen molar-refractivity contribution in [3.63, 3.8) is 0 Å². The zero-order valence-corrected chi connectivity index (χ0v) is 32.0. The molecule has 2 unspecified atom stereocenters. The molecule has 0 aliphatic carbocycles. The maximum atomic E-state index is 14.3. The fourth-order valence-corrected chi connectivity index (χ4v) is 13.9. The van der Waals surface area contributed by atoms with Crippen molar-refractivity contribution < 1.29 is 23.6 Å². The molecule has 3 aromatic carbocycles. The number of carbonyl (C=O) groups is 4. The van der Waals surface area contributed by atoms with Gasteiger partial charge in [0.15, 0.2) is 8.32 Å². The van der Waals surface area contributed by atoms with Gasteiger partial charge in [0.1, 0.15) is 12.1 Å². The molecule has 274 valence electrons. The third-order valence-corrected chi connectivity index (χ3v) is 17.7. The van der Waals surface area contributed by atoms with Crippen LogP contribution in [0.15, 0.2) is 54.6 Å². The van der Waals surface area contributed by atoms with E-state index in [1.54, 1.807) is 14.7 Å². The number of hydrogen-bond donors (Lipinski definition) is 1. The molecular weight excluding hydrogens is 657 g/mol. The Bertz CT molecular complexity index is 1690. The summed E-state index contributed by atoms with van der Waals surface area (Å²) in [5, 5.41) is 6.86. The lowest BCUT2D eigenvalue weighted by Crippen LogP contribution is -2.53. The molecule has 51 heavy (non-hydrogen) atoms. The third-order valence-electron chi connectivity index (χ3n) is 12.0. The number of rotatable bonds is 15. The molecule has 4 amide bonds. The Balaban J connectivity index is 0.977. The van der Waals surface area contributed by atoms with E-state index in [9.17, 15) is 19.2 Å². The van der Waals surface area contributed by atoms with Gasteiger partial charge in [-0.2, -0.15) is 0 Å². The normalized spacial score (nSPS) is 24.3. The predicted octanol–water partition coefficient (Wildman–Crippen LogP) is 6.89. The van der Waals surface area contributed by atoms with Crippen LogP contribution < -0.4 is 5.32 Å². The number of nitrogens with one attached hydrogen (secondary N) is 1. The fraction of sp³-hybridized carbons (Fsp3) is 0.561. The van der Waals surface area contributed by atoms with Crippen LogP contribution in [0.2, 0.25) is 17.1 Å². The van der Waals surface area contributed by atoms with Gasteiger partial charge in [-0.05, 0) is 96.6 Å². The Morgan fingerprint density at radius 3 is 2.12 bits per heavy atom. The van der Waals surface area contributed by atoms with Crippen LogP contribution in [-0.4, -0.2) is 98.6 Å². The molecule has 0 aromatic heterocycles. The van der Waals surface area contributed by atoms with Crippen molar-refractivity contribution in [2.75, 3.05) is 39.8 Å². The Hall–Kier alpha value is -3.76. The quantitative estimate of drug-likeness (QED) is 0.105. The highest BCUT2D eigenvalue weighted by molar-refractivity contribution is 6.87. The van der Waals surface area contributed by atoms with Crippen LogP contribution >= 0.6 is 0 Å². The van der Waals surface area contributed by atoms with Crippen molar-refractivity contribution in [2.45, 2.75) is 108 Å². The summed E-state index contributed by atoms with van der Waals surface area (Å²) in [6, 6.07) is 18.0. The first-order valence-electron chi connectivity index (χ1n) is 19.4. The van der Waals surface area contributed by atoms with Crippen molar-refractivity contribution in [1.29, 1.82) is 0 Å². The monoisotopic (exact) mass is 712 g/mol. The Morgan fingerprint density at radius 2 is 1.47 bits per heavy atom. The van der Waals surface area contributed by atoms with E-state index in [-0.39, 0.29) is 23.6 Å². The van der Waals surface area contributed by atoms with E-state index in [4.69, 9.17) is 4.43 Å². The van der Waals surface area contributed by atoms with Crippen LogP contribution in [0.3, 0.4) is 0 Å². The number of likely N-dealkylation sites (N-methyl/N-ethyl adjacent to an activating group) is 1. The van der Waals surface area contributed by atoms with E-state index in [2.05, 4.69) is 32.2 Å².